The van der Waals surface area contributed by atoms with Crippen LogP contribution in [-0.2, 0) is 0 Å². The number of carbonyl (C=O) groups excluding carboxylic acids is 1. The number of nitrogens with two attached hydrogens (primary N) is 1. The number of rotatable bonds is 1. The standard InChI is InChI=1S/C14H21N3O/c1-10-9-16(3)7-8-17(10)14(18)12-5-4-6-13(15)11(12)2/h4-6,10H,7-9,15H2,1-3H3. The van der Waals surface area contributed by atoms with Crippen LogP contribution in [-0.4, -0.2) is 48.4 Å². The molecule has 0 saturated carbocycles. The van der Waals surface area contributed by atoms with Gasteiger partial charge >= 0.3 is 0 Å². The number of likely N-dealkylation sites (N-methyl/N-ethyl adjacent to an activating group) is 1. The van der Waals surface area contributed by atoms with E-state index in [1.54, 1.807) is 0 Å². The van der Waals surface area contributed by atoms with Gasteiger partial charge in [-0.05, 0) is 38.6 Å². The van der Waals surface area contributed by atoms with E-state index in [0.29, 0.717) is 5.69 Å². The summed E-state index contributed by atoms with van der Waals surface area (Å²) in [5, 5.41) is 0. The third kappa shape index (κ3) is 2.34. The number of anilines is 1. The molecule has 1 amide bonds. The van der Waals surface area contributed by atoms with Crippen molar-refractivity contribution < 1.29 is 4.79 Å². The smallest absolute Gasteiger partial charge is 0.254 e. The molecule has 1 aromatic carbocycles. The van der Waals surface area contributed by atoms with Crippen LogP contribution in [0.4, 0.5) is 5.69 Å². The normalized spacial score (nSPS) is 21.1. The molecule has 0 spiro atoms. The van der Waals surface area contributed by atoms with Gasteiger partial charge in [-0.25, -0.2) is 0 Å². The van der Waals surface area contributed by atoms with Gasteiger partial charge in [-0.15, -0.1) is 0 Å². The van der Waals surface area contributed by atoms with E-state index in [9.17, 15) is 4.79 Å². The molecule has 98 valence electrons. The molecular weight excluding hydrogens is 226 g/mol. The number of amides is 1. The molecule has 1 unspecified atom stereocenters. The first-order valence-electron chi connectivity index (χ1n) is 6.35. The molecule has 1 aliphatic heterocycles. The number of nitrogen functional groups attached to an aromatic ring is 1. The van der Waals surface area contributed by atoms with Gasteiger partial charge < -0.3 is 15.5 Å². The lowest BCUT2D eigenvalue weighted by atomic mass is 10.0. The Morgan fingerprint density at radius 2 is 2.11 bits per heavy atom. The summed E-state index contributed by atoms with van der Waals surface area (Å²) < 4.78 is 0. The molecule has 0 aliphatic carbocycles. The molecule has 4 nitrogen and oxygen atoms in total. The van der Waals surface area contributed by atoms with E-state index < -0.39 is 0 Å². The second kappa shape index (κ2) is 4.98. The van der Waals surface area contributed by atoms with Crippen LogP contribution in [0.25, 0.3) is 0 Å². The van der Waals surface area contributed by atoms with Gasteiger partial charge in [-0.1, -0.05) is 6.07 Å². The molecule has 2 N–H and O–H groups in total. The minimum absolute atomic E-state index is 0.0976. The fourth-order valence-electron chi connectivity index (χ4n) is 2.48. The van der Waals surface area contributed by atoms with E-state index in [0.717, 1.165) is 30.8 Å². The third-order valence-corrected chi connectivity index (χ3v) is 3.70. The summed E-state index contributed by atoms with van der Waals surface area (Å²) in [6, 6.07) is 5.78. The zero-order chi connectivity index (χ0) is 13.3. The van der Waals surface area contributed by atoms with Crippen LogP contribution in [0.15, 0.2) is 18.2 Å². The van der Waals surface area contributed by atoms with Crippen molar-refractivity contribution in [2.45, 2.75) is 19.9 Å². The van der Waals surface area contributed by atoms with Crippen molar-refractivity contribution >= 4 is 11.6 Å². The topological polar surface area (TPSA) is 49.6 Å². The summed E-state index contributed by atoms with van der Waals surface area (Å²) in [5.74, 6) is 0.0976. The van der Waals surface area contributed by atoms with E-state index in [1.165, 1.54) is 0 Å². The second-order valence-corrected chi connectivity index (χ2v) is 5.13. The largest absolute Gasteiger partial charge is 0.398 e. The van der Waals surface area contributed by atoms with Crippen molar-refractivity contribution in [1.29, 1.82) is 0 Å². The first kappa shape index (κ1) is 12.9. The number of nitrogens with zero attached hydrogens (tertiary/aromatic N) is 2. The molecule has 1 heterocycles. The van der Waals surface area contributed by atoms with Crippen LogP contribution in [0.5, 0.6) is 0 Å². The monoisotopic (exact) mass is 247 g/mol. The Morgan fingerprint density at radius 1 is 1.39 bits per heavy atom. The van der Waals surface area contributed by atoms with Gasteiger partial charge in [-0.3, -0.25) is 4.79 Å². The molecular formula is C14H21N3O. The zero-order valence-electron chi connectivity index (χ0n) is 11.3. The van der Waals surface area contributed by atoms with E-state index in [1.807, 2.05) is 30.0 Å². The Hall–Kier alpha value is -1.55. The SMILES string of the molecule is Cc1c(N)cccc1C(=O)N1CCN(C)CC1C. The number of piperazine rings is 1. The first-order chi connectivity index (χ1) is 8.50. The predicted molar refractivity (Wildman–Crippen MR) is 73.6 cm³/mol. The van der Waals surface area contributed by atoms with Gasteiger partial charge in [0.25, 0.3) is 5.91 Å². The van der Waals surface area contributed by atoms with Gasteiger partial charge in [0, 0.05) is 36.9 Å². The van der Waals surface area contributed by atoms with Crippen LogP contribution in [0.2, 0.25) is 0 Å². The van der Waals surface area contributed by atoms with Crippen molar-refractivity contribution in [3.05, 3.63) is 29.3 Å². The van der Waals surface area contributed by atoms with Crippen molar-refractivity contribution in [3.63, 3.8) is 0 Å². The highest BCUT2D eigenvalue weighted by molar-refractivity contribution is 5.97. The third-order valence-electron chi connectivity index (χ3n) is 3.70. The van der Waals surface area contributed by atoms with Crippen molar-refractivity contribution in [3.8, 4) is 0 Å². The summed E-state index contributed by atoms with van der Waals surface area (Å²) in [4.78, 5) is 16.7. The van der Waals surface area contributed by atoms with Crippen molar-refractivity contribution in [2.75, 3.05) is 32.4 Å². The molecule has 1 fully saturated rings. The highest BCUT2D eigenvalue weighted by Crippen LogP contribution is 2.19. The Labute approximate surface area is 108 Å². The van der Waals surface area contributed by atoms with Crippen LogP contribution in [0.3, 0.4) is 0 Å². The molecule has 1 aliphatic rings. The minimum atomic E-state index is 0.0976. The quantitative estimate of drug-likeness (QED) is 0.762. The van der Waals surface area contributed by atoms with E-state index in [4.69, 9.17) is 5.73 Å². The molecule has 4 heteroatoms. The molecule has 18 heavy (non-hydrogen) atoms. The number of hydrogen-bond donors (Lipinski definition) is 1. The molecule has 2 rings (SSSR count). The lowest BCUT2D eigenvalue weighted by molar-refractivity contribution is 0.0533. The lowest BCUT2D eigenvalue weighted by Crippen LogP contribution is -2.52. The maximum absolute atomic E-state index is 12.5. The van der Waals surface area contributed by atoms with E-state index >= 15 is 0 Å². The van der Waals surface area contributed by atoms with Gasteiger partial charge in [0.05, 0.1) is 0 Å². The molecule has 0 radical (unpaired) electrons. The number of hydrogen-bond acceptors (Lipinski definition) is 3. The fourth-order valence-corrected chi connectivity index (χ4v) is 2.48. The number of benzene rings is 1. The summed E-state index contributed by atoms with van der Waals surface area (Å²) in [6.45, 7) is 6.63. The maximum Gasteiger partial charge on any atom is 0.254 e. The molecule has 1 atom stereocenters. The molecule has 1 saturated heterocycles. The van der Waals surface area contributed by atoms with Crippen molar-refractivity contribution in [1.82, 2.24) is 9.80 Å². The van der Waals surface area contributed by atoms with Gasteiger partial charge in [0.1, 0.15) is 0 Å². The van der Waals surface area contributed by atoms with Gasteiger partial charge in [-0.2, -0.15) is 0 Å². The number of carbonyl (C=O) groups is 1. The van der Waals surface area contributed by atoms with Gasteiger partial charge in [0.2, 0.25) is 0 Å². The molecule has 0 aromatic heterocycles. The highest BCUT2D eigenvalue weighted by Gasteiger charge is 2.27. The Bertz CT molecular complexity index is 458. The molecule has 1 aromatic rings. The maximum atomic E-state index is 12.5. The Kier molecular flexibility index (Phi) is 3.57. The zero-order valence-corrected chi connectivity index (χ0v) is 11.3. The molecule has 0 bridgehead atoms. The van der Waals surface area contributed by atoms with Crippen LogP contribution in [0.1, 0.15) is 22.8 Å². The van der Waals surface area contributed by atoms with Crippen molar-refractivity contribution in [2.24, 2.45) is 0 Å². The highest BCUT2D eigenvalue weighted by atomic mass is 16.2. The summed E-state index contributed by atoms with van der Waals surface area (Å²) in [6.07, 6.45) is 0. The van der Waals surface area contributed by atoms with E-state index in [2.05, 4.69) is 18.9 Å². The van der Waals surface area contributed by atoms with E-state index in [-0.39, 0.29) is 11.9 Å². The predicted octanol–water partition coefficient (Wildman–Crippen LogP) is 1.35. The van der Waals surface area contributed by atoms with Crippen LogP contribution in [0, 0.1) is 6.92 Å². The average Bonchev–Trinajstić information content (AvgIpc) is 2.32. The van der Waals surface area contributed by atoms with Gasteiger partial charge in [0.15, 0.2) is 0 Å². The Morgan fingerprint density at radius 3 is 2.78 bits per heavy atom. The summed E-state index contributed by atoms with van der Waals surface area (Å²) in [7, 11) is 2.09. The fraction of sp³-hybridized carbons (Fsp3) is 0.500. The summed E-state index contributed by atoms with van der Waals surface area (Å²) >= 11 is 0. The minimum Gasteiger partial charge on any atom is -0.398 e. The Balaban J connectivity index is 2.23. The second-order valence-electron chi connectivity index (χ2n) is 5.13. The van der Waals surface area contributed by atoms with Crippen LogP contribution < -0.4 is 5.73 Å². The average molecular weight is 247 g/mol. The van der Waals surface area contributed by atoms with Crippen LogP contribution >= 0.6 is 0 Å². The lowest BCUT2D eigenvalue weighted by Gasteiger charge is -2.38. The summed E-state index contributed by atoms with van der Waals surface area (Å²) in [5.41, 5.74) is 8.16. The first-order valence-corrected chi connectivity index (χ1v) is 6.35.